The predicted octanol–water partition coefficient (Wildman–Crippen LogP) is 0.535. The van der Waals surface area contributed by atoms with Gasteiger partial charge in [-0.25, -0.2) is 0 Å². The molecule has 0 amide bonds. The van der Waals surface area contributed by atoms with E-state index >= 15 is 0 Å². The number of carboxylic acid groups (broad SMARTS) is 1. The SMILES string of the molecule is CNC(CN1CCCCCC1)C(=O)O. The molecule has 2 N–H and O–H groups in total. The third-order valence-corrected chi connectivity index (χ3v) is 2.79. The van der Waals surface area contributed by atoms with Gasteiger partial charge in [-0.05, 0) is 33.0 Å². The first-order valence-corrected chi connectivity index (χ1v) is 5.36. The molecule has 1 atom stereocenters. The molecule has 1 saturated heterocycles. The molecular formula is C10H20N2O2. The number of likely N-dealkylation sites (tertiary alicyclic amines) is 1. The van der Waals surface area contributed by atoms with Gasteiger partial charge in [-0.1, -0.05) is 12.8 Å². The van der Waals surface area contributed by atoms with E-state index in [0.717, 1.165) is 13.1 Å². The van der Waals surface area contributed by atoms with Crippen molar-refractivity contribution >= 4 is 5.97 Å². The standard InChI is InChI=1S/C10H20N2O2/c1-11-9(10(13)14)8-12-6-4-2-3-5-7-12/h9,11H,2-8H2,1H3,(H,13,14). The Morgan fingerprint density at radius 2 is 1.93 bits per heavy atom. The number of carbonyl (C=O) groups is 1. The van der Waals surface area contributed by atoms with E-state index in [-0.39, 0.29) is 0 Å². The van der Waals surface area contributed by atoms with Crippen LogP contribution in [0.15, 0.2) is 0 Å². The van der Waals surface area contributed by atoms with Crippen LogP contribution in [0.3, 0.4) is 0 Å². The van der Waals surface area contributed by atoms with Gasteiger partial charge in [0.25, 0.3) is 0 Å². The summed E-state index contributed by atoms with van der Waals surface area (Å²) >= 11 is 0. The molecule has 0 radical (unpaired) electrons. The van der Waals surface area contributed by atoms with E-state index in [1.54, 1.807) is 7.05 Å². The van der Waals surface area contributed by atoms with Crippen molar-refractivity contribution < 1.29 is 9.90 Å². The summed E-state index contributed by atoms with van der Waals surface area (Å²) in [6.07, 6.45) is 4.98. The number of hydrogen-bond acceptors (Lipinski definition) is 3. The largest absolute Gasteiger partial charge is 0.480 e. The van der Waals surface area contributed by atoms with Gasteiger partial charge in [0.1, 0.15) is 6.04 Å². The third kappa shape index (κ3) is 3.64. The van der Waals surface area contributed by atoms with Gasteiger partial charge in [-0.2, -0.15) is 0 Å². The Morgan fingerprint density at radius 3 is 2.36 bits per heavy atom. The quantitative estimate of drug-likeness (QED) is 0.695. The number of rotatable bonds is 4. The van der Waals surface area contributed by atoms with Crippen molar-refractivity contribution in [2.45, 2.75) is 31.7 Å². The molecule has 0 aromatic carbocycles. The van der Waals surface area contributed by atoms with Gasteiger partial charge < -0.3 is 15.3 Å². The summed E-state index contributed by atoms with van der Waals surface area (Å²) in [5.41, 5.74) is 0. The van der Waals surface area contributed by atoms with Gasteiger partial charge in [0, 0.05) is 6.54 Å². The molecule has 4 heteroatoms. The maximum absolute atomic E-state index is 10.8. The van der Waals surface area contributed by atoms with Gasteiger partial charge in [0.15, 0.2) is 0 Å². The Kier molecular flexibility index (Phi) is 4.90. The van der Waals surface area contributed by atoms with E-state index in [2.05, 4.69) is 10.2 Å². The van der Waals surface area contributed by atoms with Gasteiger partial charge in [-0.15, -0.1) is 0 Å². The van der Waals surface area contributed by atoms with E-state index in [0.29, 0.717) is 6.54 Å². The summed E-state index contributed by atoms with van der Waals surface area (Å²) in [5.74, 6) is -0.753. The van der Waals surface area contributed by atoms with Crippen LogP contribution in [0.4, 0.5) is 0 Å². The van der Waals surface area contributed by atoms with Crippen LogP contribution in [-0.2, 0) is 4.79 Å². The highest BCUT2D eigenvalue weighted by molar-refractivity contribution is 5.73. The first-order valence-electron chi connectivity index (χ1n) is 5.36. The number of likely N-dealkylation sites (N-methyl/N-ethyl adjacent to an activating group) is 1. The first-order chi connectivity index (χ1) is 6.74. The molecule has 14 heavy (non-hydrogen) atoms. The number of nitrogens with zero attached hydrogens (tertiary/aromatic N) is 1. The lowest BCUT2D eigenvalue weighted by molar-refractivity contribution is -0.139. The van der Waals surface area contributed by atoms with Crippen molar-refractivity contribution in [2.24, 2.45) is 0 Å². The third-order valence-electron chi connectivity index (χ3n) is 2.79. The van der Waals surface area contributed by atoms with Crippen molar-refractivity contribution in [1.82, 2.24) is 10.2 Å². The number of carboxylic acids is 1. The normalized spacial score (nSPS) is 21.5. The lowest BCUT2D eigenvalue weighted by Gasteiger charge is -2.23. The average Bonchev–Trinajstić information content (AvgIpc) is 2.41. The summed E-state index contributed by atoms with van der Waals surface area (Å²) in [7, 11) is 1.70. The fraction of sp³-hybridized carbons (Fsp3) is 0.900. The highest BCUT2D eigenvalue weighted by Crippen LogP contribution is 2.09. The Labute approximate surface area is 85.3 Å². The minimum atomic E-state index is -0.753. The molecule has 4 nitrogen and oxygen atoms in total. The van der Waals surface area contributed by atoms with E-state index in [4.69, 9.17) is 5.11 Å². The summed E-state index contributed by atoms with van der Waals surface area (Å²) in [6, 6.07) is -0.423. The molecule has 0 aromatic rings. The summed E-state index contributed by atoms with van der Waals surface area (Å²) < 4.78 is 0. The van der Waals surface area contributed by atoms with Crippen LogP contribution < -0.4 is 5.32 Å². The van der Waals surface area contributed by atoms with Gasteiger partial charge in [0.05, 0.1) is 0 Å². The Morgan fingerprint density at radius 1 is 1.36 bits per heavy atom. The second kappa shape index (κ2) is 5.98. The monoisotopic (exact) mass is 200 g/mol. The van der Waals surface area contributed by atoms with Crippen molar-refractivity contribution in [1.29, 1.82) is 0 Å². The molecule has 1 aliphatic heterocycles. The van der Waals surface area contributed by atoms with E-state index in [9.17, 15) is 4.79 Å². The van der Waals surface area contributed by atoms with Crippen LogP contribution in [0.5, 0.6) is 0 Å². The fourth-order valence-electron chi connectivity index (χ4n) is 1.87. The molecular weight excluding hydrogens is 180 g/mol. The molecule has 1 rings (SSSR count). The maximum Gasteiger partial charge on any atom is 0.322 e. The van der Waals surface area contributed by atoms with Crippen LogP contribution in [0.25, 0.3) is 0 Å². The lowest BCUT2D eigenvalue weighted by Crippen LogP contribution is -2.44. The second-order valence-corrected chi connectivity index (χ2v) is 3.89. The van der Waals surface area contributed by atoms with E-state index in [1.807, 2.05) is 0 Å². The van der Waals surface area contributed by atoms with Crippen LogP contribution in [0.2, 0.25) is 0 Å². The zero-order valence-electron chi connectivity index (χ0n) is 8.83. The predicted molar refractivity (Wildman–Crippen MR) is 55.4 cm³/mol. The minimum Gasteiger partial charge on any atom is -0.480 e. The number of aliphatic carboxylic acids is 1. The minimum absolute atomic E-state index is 0.423. The molecule has 0 bridgehead atoms. The Balaban J connectivity index is 2.35. The fourth-order valence-corrected chi connectivity index (χ4v) is 1.87. The van der Waals surface area contributed by atoms with Crippen LogP contribution in [0, 0.1) is 0 Å². The Hall–Kier alpha value is -0.610. The highest BCUT2D eigenvalue weighted by Gasteiger charge is 2.19. The Bertz CT molecular complexity index is 177. The van der Waals surface area contributed by atoms with Crippen LogP contribution >= 0.6 is 0 Å². The zero-order valence-corrected chi connectivity index (χ0v) is 8.83. The molecule has 0 aliphatic carbocycles. The van der Waals surface area contributed by atoms with Crippen LogP contribution in [-0.4, -0.2) is 48.7 Å². The number of hydrogen-bond donors (Lipinski definition) is 2. The summed E-state index contributed by atoms with van der Waals surface area (Å²) in [5, 5.41) is 11.7. The zero-order chi connectivity index (χ0) is 10.4. The molecule has 1 heterocycles. The highest BCUT2D eigenvalue weighted by atomic mass is 16.4. The summed E-state index contributed by atoms with van der Waals surface area (Å²) in [4.78, 5) is 13.1. The van der Waals surface area contributed by atoms with Gasteiger partial charge >= 0.3 is 5.97 Å². The molecule has 0 aromatic heterocycles. The van der Waals surface area contributed by atoms with Gasteiger partial charge in [0.2, 0.25) is 0 Å². The molecule has 1 fully saturated rings. The summed E-state index contributed by atoms with van der Waals surface area (Å²) in [6.45, 7) is 2.72. The van der Waals surface area contributed by atoms with Gasteiger partial charge in [-0.3, -0.25) is 4.79 Å². The first kappa shape index (κ1) is 11.5. The molecule has 1 aliphatic rings. The van der Waals surface area contributed by atoms with Crippen molar-refractivity contribution in [2.75, 3.05) is 26.7 Å². The average molecular weight is 200 g/mol. The van der Waals surface area contributed by atoms with E-state index in [1.165, 1.54) is 25.7 Å². The van der Waals surface area contributed by atoms with Crippen molar-refractivity contribution in [3.05, 3.63) is 0 Å². The second-order valence-electron chi connectivity index (χ2n) is 3.89. The topological polar surface area (TPSA) is 52.6 Å². The maximum atomic E-state index is 10.8. The van der Waals surface area contributed by atoms with Crippen molar-refractivity contribution in [3.8, 4) is 0 Å². The van der Waals surface area contributed by atoms with Crippen molar-refractivity contribution in [3.63, 3.8) is 0 Å². The molecule has 82 valence electrons. The van der Waals surface area contributed by atoms with Crippen LogP contribution in [0.1, 0.15) is 25.7 Å². The number of nitrogens with one attached hydrogen (secondary N) is 1. The molecule has 0 spiro atoms. The van der Waals surface area contributed by atoms with E-state index < -0.39 is 12.0 Å². The lowest BCUT2D eigenvalue weighted by atomic mass is 10.2. The smallest absolute Gasteiger partial charge is 0.322 e. The molecule has 1 unspecified atom stereocenters. The molecule has 0 saturated carbocycles.